The molecule has 0 bridgehead atoms. The average Bonchev–Trinajstić information content (AvgIpc) is 2.79. The molecule has 0 aliphatic rings. The molecule has 0 radical (unpaired) electrons. The Morgan fingerprint density at radius 1 is 1.47 bits per heavy atom. The van der Waals surface area contributed by atoms with Gasteiger partial charge in [-0.15, -0.1) is 0 Å². The molecule has 0 unspecified atom stereocenters. The van der Waals surface area contributed by atoms with E-state index in [1.54, 1.807) is 6.92 Å². The van der Waals surface area contributed by atoms with Crippen LogP contribution in [-0.4, -0.2) is 47.5 Å². The first kappa shape index (κ1) is 14.1. The summed E-state index contributed by atoms with van der Waals surface area (Å²) in [6.45, 7) is 4.35. The van der Waals surface area contributed by atoms with E-state index in [-0.39, 0.29) is 11.6 Å². The standard InChI is InChI=1S/C10H19N3O3S/c1-3-9-11-8-10(12-9)17(15,16)13(4-2)6-5-7-14/h8,14H,3-7H2,1-2H3,(H,11,12). The Morgan fingerprint density at radius 2 is 2.18 bits per heavy atom. The monoisotopic (exact) mass is 261 g/mol. The van der Waals surface area contributed by atoms with Crippen LogP contribution in [0.5, 0.6) is 0 Å². The van der Waals surface area contributed by atoms with Gasteiger partial charge in [0.05, 0.1) is 6.20 Å². The summed E-state index contributed by atoms with van der Waals surface area (Å²) in [5.41, 5.74) is 0. The van der Waals surface area contributed by atoms with E-state index in [1.165, 1.54) is 10.5 Å². The molecule has 0 saturated heterocycles. The second-order valence-corrected chi connectivity index (χ2v) is 5.53. The van der Waals surface area contributed by atoms with Crippen molar-refractivity contribution in [3.05, 3.63) is 12.0 Å². The molecule has 0 fully saturated rings. The van der Waals surface area contributed by atoms with E-state index in [2.05, 4.69) is 9.97 Å². The summed E-state index contributed by atoms with van der Waals surface area (Å²) >= 11 is 0. The summed E-state index contributed by atoms with van der Waals surface area (Å²) < 4.78 is 25.7. The number of aliphatic hydroxyl groups is 1. The average molecular weight is 261 g/mol. The van der Waals surface area contributed by atoms with Crippen molar-refractivity contribution in [2.45, 2.75) is 31.7 Å². The lowest BCUT2D eigenvalue weighted by Crippen LogP contribution is -2.32. The van der Waals surface area contributed by atoms with Crippen molar-refractivity contribution >= 4 is 10.0 Å². The van der Waals surface area contributed by atoms with Crippen molar-refractivity contribution in [3.8, 4) is 0 Å². The van der Waals surface area contributed by atoms with Gasteiger partial charge in [-0.25, -0.2) is 13.4 Å². The maximum Gasteiger partial charge on any atom is 0.260 e. The molecule has 0 aliphatic carbocycles. The summed E-state index contributed by atoms with van der Waals surface area (Å²) in [4.78, 5) is 6.78. The first-order valence-electron chi connectivity index (χ1n) is 5.71. The van der Waals surface area contributed by atoms with Gasteiger partial charge in [-0.05, 0) is 6.42 Å². The SMILES string of the molecule is CCc1ncc(S(=O)(=O)N(CC)CCCO)[nH]1. The summed E-state index contributed by atoms with van der Waals surface area (Å²) in [6, 6.07) is 0. The molecular formula is C10H19N3O3S. The molecule has 6 nitrogen and oxygen atoms in total. The molecule has 1 aromatic rings. The summed E-state index contributed by atoms with van der Waals surface area (Å²) in [5, 5.41) is 8.87. The number of aryl methyl sites for hydroxylation is 1. The van der Waals surface area contributed by atoms with Gasteiger partial charge < -0.3 is 10.1 Å². The molecule has 0 amide bonds. The Morgan fingerprint density at radius 3 is 2.65 bits per heavy atom. The highest BCUT2D eigenvalue weighted by Crippen LogP contribution is 2.13. The summed E-state index contributed by atoms with van der Waals surface area (Å²) in [5.74, 6) is 0.654. The lowest BCUT2D eigenvalue weighted by molar-refractivity contribution is 0.271. The van der Waals surface area contributed by atoms with Gasteiger partial charge in [0, 0.05) is 26.1 Å². The number of nitrogens with zero attached hydrogens (tertiary/aromatic N) is 2. The number of rotatable bonds is 7. The fourth-order valence-corrected chi connectivity index (χ4v) is 2.91. The van der Waals surface area contributed by atoms with Gasteiger partial charge in [0.1, 0.15) is 5.82 Å². The Bertz CT molecular complexity index is 441. The maximum atomic E-state index is 12.2. The van der Waals surface area contributed by atoms with Gasteiger partial charge in [-0.3, -0.25) is 0 Å². The van der Waals surface area contributed by atoms with E-state index < -0.39 is 10.0 Å². The smallest absolute Gasteiger partial charge is 0.260 e. The molecule has 17 heavy (non-hydrogen) atoms. The number of sulfonamides is 1. The molecule has 1 heterocycles. The Labute approximate surface area is 102 Å². The van der Waals surface area contributed by atoms with Crippen molar-refractivity contribution < 1.29 is 13.5 Å². The Hall–Kier alpha value is -0.920. The topological polar surface area (TPSA) is 86.3 Å². The number of aromatic nitrogens is 2. The van der Waals surface area contributed by atoms with Gasteiger partial charge in [0.15, 0.2) is 5.03 Å². The van der Waals surface area contributed by atoms with Crippen molar-refractivity contribution in [2.75, 3.05) is 19.7 Å². The third kappa shape index (κ3) is 3.27. The Kier molecular flexibility index (Phi) is 5.10. The fraction of sp³-hybridized carbons (Fsp3) is 0.700. The zero-order valence-electron chi connectivity index (χ0n) is 10.2. The normalized spacial score (nSPS) is 12.2. The molecule has 1 rings (SSSR count). The quantitative estimate of drug-likeness (QED) is 0.742. The second-order valence-electron chi connectivity index (χ2n) is 3.62. The molecule has 7 heteroatoms. The van der Waals surface area contributed by atoms with Crippen molar-refractivity contribution in [3.63, 3.8) is 0 Å². The molecule has 0 saturated carbocycles. The van der Waals surface area contributed by atoms with E-state index in [4.69, 9.17) is 5.11 Å². The van der Waals surface area contributed by atoms with Crippen molar-refractivity contribution in [1.29, 1.82) is 0 Å². The first-order chi connectivity index (χ1) is 8.06. The number of hydrogen-bond acceptors (Lipinski definition) is 4. The van der Waals surface area contributed by atoms with Crippen LogP contribution in [0, 0.1) is 0 Å². The molecule has 98 valence electrons. The molecule has 1 aromatic heterocycles. The number of H-pyrrole nitrogens is 1. The molecule has 2 N–H and O–H groups in total. The predicted molar refractivity (Wildman–Crippen MR) is 64.1 cm³/mol. The summed E-state index contributed by atoms with van der Waals surface area (Å²) in [7, 11) is -3.51. The van der Waals surface area contributed by atoms with Crippen molar-refractivity contribution in [1.82, 2.24) is 14.3 Å². The zero-order valence-corrected chi connectivity index (χ0v) is 11.0. The molecule has 0 atom stereocenters. The highest BCUT2D eigenvalue weighted by atomic mass is 32.2. The van der Waals surface area contributed by atoms with Gasteiger partial charge in [0.2, 0.25) is 0 Å². The van der Waals surface area contributed by atoms with Crippen LogP contribution in [0.3, 0.4) is 0 Å². The van der Waals surface area contributed by atoms with E-state index in [0.717, 1.165) is 0 Å². The summed E-state index contributed by atoms with van der Waals surface area (Å²) in [6.07, 6.45) is 2.44. The number of nitrogens with one attached hydrogen (secondary N) is 1. The molecule has 0 aliphatic heterocycles. The zero-order chi connectivity index (χ0) is 12.9. The van der Waals surface area contributed by atoms with Crippen LogP contribution in [0.2, 0.25) is 0 Å². The van der Waals surface area contributed by atoms with E-state index in [1.807, 2.05) is 6.92 Å². The minimum Gasteiger partial charge on any atom is -0.396 e. The molecule has 0 aromatic carbocycles. The number of hydrogen-bond donors (Lipinski definition) is 2. The highest BCUT2D eigenvalue weighted by molar-refractivity contribution is 7.89. The fourth-order valence-electron chi connectivity index (χ4n) is 1.49. The van der Waals surface area contributed by atoms with E-state index in [0.29, 0.717) is 31.8 Å². The van der Waals surface area contributed by atoms with Gasteiger partial charge in [-0.2, -0.15) is 4.31 Å². The molecule has 0 spiro atoms. The van der Waals surface area contributed by atoms with Crippen LogP contribution in [-0.2, 0) is 16.4 Å². The van der Waals surface area contributed by atoms with E-state index in [9.17, 15) is 8.42 Å². The lowest BCUT2D eigenvalue weighted by Gasteiger charge is -2.18. The maximum absolute atomic E-state index is 12.2. The minimum atomic E-state index is -3.51. The number of aromatic amines is 1. The van der Waals surface area contributed by atoms with Crippen molar-refractivity contribution in [2.24, 2.45) is 0 Å². The lowest BCUT2D eigenvalue weighted by atomic mass is 10.4. The van der Waals surface area contributed by atoms with Crippen LogP contribution in [0.1, 0.15) is 26.1 Å². The van der Waals surface area contributed by atoms with Crippen LogP contribution in [0.15, 0.2) is 11.2 Å². The third-order valence-corrected chi connectivity index (χ3v) is 4.36. The minimum absolute atomic E-state index is 0.0186. The largest absolute Gasteiger partial charge is 0.396 e. The highest BCUT2D eigenvalue weighted by Gasteiger charge is 2.24. The van der Waals surface area contributed by atoms with Gasteiger partial charge in [0.25, 0.3) is 10.0 Å². The van der Waals surface area contributed by atoms with Crippen LogP contribution < -0.4 is 0 Å². The van der Waals surface area contributed by atoms with Crippen LogP contribution >= 0.6 is 0 Å². The van der Waals surface area contributed by atoms with Crippen LogP contribution in [0.4, 0.5) is 0 Å². The number of imidazole rings is 1. The van der Waals surface area contributed by atoms with Gasteiger partial charge >= 0.3 is 0 Å². The second kappa shape index (κ2) is 6.13. The third-order valence-electron chi connectivity index (χ3n) is 2.48. The predicted octanol–water partition coefficient (Wildman–Crippen LogP) is 0.365. The number of aliphatic hydroxyl groups excluding tert-OH is 1. The molecular weight excluding hydrogens is 242 g/mol. The van der Waals surface area contributed by atoms with Gasteiger partial charge in [-0.1, -0.05) is 13.8 Å². The van der Waals surface area contributed by atoms with E-state index >= 15 is 0 Å². The van der Waals surface area contributed by atoms with Crippen LogP contribution in [0.25, 0.3) is 0 Å². The Balaban J connectivity index is 2.91. The first-order valence-corrected chi connectivity index (χ1v) is 7.15.